The first-order valence-corrected chi connectivity index (χ1v) is 10.4. The molecule has 0 aliphatic rings. The molecule has 2 N–H and O–H groups in total. The molecule has 0 saturated carbocycles. The summed E-state index contributed by atoms with van der Waals surface area (Å²) in [6, 6.07) is 8.03. The van der Waals surface area contributed by atoms with Crippen molar-refractivity contribution < 1.29 is 18.4 Å². The Balaban J connectivity index is 2.29. The summed E-state index contributed by atoms with van der Waals surface area (Å²) in [6.45, 7) is 1.17. The smallest absolute Gasteiger partial charge is 0.264 e. The van der Waals surface area contributed by atoms with Crippen LogP contribution in [0.2, 0.25) is 10.0 Å². The number of benzene rings is 1. The fourth-order valence-electron chi connectivity index (χ4n) is 2.47. The maximum Gasteiger partial charge on any atom is 0.264 e. The van der Waals surface area contributed by atoms with E-state index in [9.17, 15) is 18.0 Å². The van der Waals surface area contributed by atoms with Gasteiger partial charge in [-0.3, -0.25) is 14.8 Å². The van der Waals surface area contributed by atoms with Crippen molar-refractivity contribution in [2.75, 3.05) is 6.26 Å². The Labute approximate surface area is 166 Å². The van der Waals surface area contributed by atoms with E-state index < -0.39 is 20.5 Å². The first-order valence-electron chi connectivity index (χ1n) is 7.79. The number of aromatic nitrogens is 1. The van der Waals surface area contributed by atoms with E-state index in [-0.39, 0.29) is 18.5 Å². The van der Waals surface area contributed by atoms with Crippen molar-refractivity contribution in [3.63, 3.8) is 0 Å². The number of sulfone groups is 1. The van der Waals surface area contributed by atoms with Crippen LogP contribution < -0.4 is 11.0 Å². The topological polar surface area (TPSA) is 105 Å². The minimum Gasteiger partial charge on any atom is -0.315 e. The van der Waals surface area contributed by atoms with E-state index in [1.807, 2.05) is 0 Å². The molecule has 0 aliphatic heterocycles. The lowest BCUT2D eigenvalue weighted by Gasteiger charge is -2.25. The molecule has 0 saturated heterocycles. The quantitative estimate of drug-likeness (QED) is 0.538. The minimum absolute atomic E-state index is 0.0303. The number of halogens is 2. The third kappa shape index (κ3) is 4.52. The van der Waals surface area contributed by atoms with Gasteiger partial charge in [-0.2, -0.15) is 0 Å². The van der Waals surface area contributed by atoms with Gasteiger partial charge in [0.15, 0.2) is 14.6 Å². The zero-order valence-electron chi connectivity index (χ0n) is 14.6. The highest BCUT2D eigenvalue weighted by atomic mass is 35.5. The Hall–Kier alpha value is -1.87. The molecule has 0 radical (unpaired) electrons. The Kier molecular flexibility index (Phi) is 6.36. The summed E-state index contributed by atoms with van der Waals surface area (Å²) in [7, 11) is -3.83. The molecule has 1 aromatic heterocycles. The normalized spacial score (nSPS) is 13.8. The summed E-state index contributed by atoms with van der Waals surface area (Å²) in [5.41, 5.74) is 2.32. The zero-order valence-corrected chi connectivity index (χ0v) is 16.9. The summed E-state index contributed by atoms with van der Waals surface area (Å²) in [4.78, 5) is 24.2. The number of carbonyl (C=O) groups is 1. The van der Waals surface area contributed by atoms with E-state index in [2.05, 4.69) is 0 Å². The van der Waals surface area contributed by atoms with Crippen molar-refractivity contribution in [1.82, 2.24) is 10.0 Å². The standard InChI is InChI=1S/C17H18Cl2N2O5S/c1-17(16(23)20-24,27(2,25)26)6-8-21-7-5-12(10-15(21)22)11-3-4-13(18)14(19)9-11/h3-5,7,9-10,24H,6,8H2,1-2H3,(H,20,23)/t17-/m1/s1. The number of carbonyl (C=O) groups excluding carboxylic acids is 1. The second kappa shape index (κ2) is 8.02. The van der Waals surface area contributed by atoms with Gasteiger partial charge in [-0.25, -0.2) is 13.9 Å². The fourth-order valence-corrected chi connectivity index (χ4v) is 3.61. The number of nitrogens with one attached hydrogen (secondary N) is 1. The third-order valence-electron chi connectivity index (χ3n) is 4.48. The molecular weight excluding hydrogens is 415 g/mol. The molecule has 27 heavy (non-hydrogen) atoms. The number of aryl methyl sites for hydroxylation is 1. The van der Waals surface area contributed by atoms with Crippen LogP contribution in [-0.4, -0.2) is 35.1 Å². The summed E-state index contributed by atoms with van der Waals surface area (Å²) in [5.74, 6) is -1.05. The molecule has 2 rings (SSSR count). The highest BCUT2D eigenvalue weighted by Gasteiger charge is 2.43. The highest BCUT2D eigenvalue weighted by Crippen LogP contribution is 2.28. The van der Waals surface area contributed by atoms with Crippen LogP contribution in [0.3, 0.4) is 0 Å². The van der Waals surface area contributed by atoms with Crippen molar-refractivity contribution >= 4 is 38.9 Å². The number of nitrogens with zero attached hydrogens (tertiary/aromatic N) is 1. The van der Waals surface area contributed by atoms with Crippen molar-refractivity contribution in [3.8, 4) is 11.1 Å². The van der Waals surface area contributed by atoms with E-state index in [1.165, 1.54) is 29.2 Å². The van der Waals surface area contributed by atoms with Gasteiger partial charge in [-0.1, -0.05) is 29.3 Å². The van der Waals surface area contributed by atoms with Crippen molar-refractivity contribution in [3.05, 3.63) is 56.9 Å². The number of pyridine rings is 1. The van der Waals surface area contributed by atoms with Crippen LogP contribution in [0.15, 0.2) is 41.3 Å². The lowest BCUT2D eigenvalue weighted by molar-refractivity contribution is -0.131. The summed E-state index contributed by atoms with van der Waals surface area (Å²) < 4.78 is 23.4. The van der Waals surface area contributed by atoms with Crippen LogP contribution in [0.4, 0.5) is 0 Å². The molecular formula is C17H18Cl2N2O5S. The van der Waals surface area contributed by atoms with Crippen molar-refractivity contribution in [1.29, 1.82) is 0 Å². The molecule has 0 fully saturated rings. The van der Waals surface area contributed by atoms with Gasteiger partial charge in [-0.05, 0) is 42.7 Å². The number of hydrogen-bond acceptors (Lipinski definition) is 5. The molecule has 1 aromatic carbocycles. The van der Waals surface area contributed by atoms with Gasteiger partial charge in [0, 0.05) is 25.1 Å². The molecule has 0 aliphatic carbocycles. The van der Waals surface area contributed by atoms with E-state index in [0.717, 1.165) is 6.26 Å². The molecule has 10 heteroatoms. The van der Waals surface area contributed by atoms with Crippen LogP contribution in [0.1, 0.15) is 13.3 Å². The average Bonchev–Trinajstić information content (AvgIpc) is 2.60. The monoisotopic (exact) mass is 432 g/mol. The molecule has 1 heterocycles. The van der Waals surface area contributed by atoms with Crippen molar-refractivity contribution in [2.45, 2.75) is 24.6 Å². The van der Waals surface area contributed by atoms with Gasteiger partial charge >= 0.3 is 0 Å². The predicted molar refractivity (Wildman–Crippen MR) is 104 cm³/mol. The molecule has 146 valence electrons. The fraction of sp³-hybridized carbons (Fsp3) is 0.294. The Morgan fingerprint density at radius 1 is 1.19 bits per heavy atom. The Bertz CT molecular complexity index is 1040. The number of hydrogen-bond donors (Lipinski definition) is 2. The molecule has 1 amide bonds. The second-order valence-electron chi connectivity index (χ2n) is 6.27. The molecule has 1 atom stereocenters. The van der Waals surface area contributed by atoms with Crippen LogP contribution in [0.25, 0.3) is 11.1 Å². The molecule has 2 aromatic rings. The van der Waals surface area contributed by atoms with Gasteiger partial charge < -0.3 is 4.57 Å². The zero-order chi connectivity index (χ0) is 20.4. The second-order valence-corrected chi connectivity index (χ2v) is 9.53. The van der Waals surface area contributed by atoms with Gasteiger partial charge in [0.2, 0.25) is 0 Å². The van der Waals surface area contributed by atoms with Crippen LogP contribution in [-0.2, 0) is 21.2 Å². The van der Waals surface area contributed by atoms with Crippen molar-refractivity contribution in [2.24, 2.45) is 0 Å². The van der Waals surface area contributed by atoms with E-state index >= 15 is 0 Å². The summed E-state index contributed by atoms with van der Waals surface area (Å²) in [6.07, 6.45) is 2.21. The van der Waals surface area contributed by atoms with E-state index in [1.54, 1.807) is 24.3 Å². The van der Waals surface area contributed by atoms with E-state index in [0.29, 0.717) is 21.2 Å². The van der Waals surface area contributed by atoms with Crippen LogP contribution in [0.5, 0.6) is 0 Å². The average molecular weight is 433 g/mol. The Morgan fingerprint density at radius 2 is 1.81 bits per heavy atom. The minimum atomic E-state index is -3.83. The molecule has 7 nitrogen and oxygen atoms in total. The van der Waals surface area contributed by atoms with Gasteiger partial charge in [0.1, 0.15) is 0 Å². The number of hydroxylamine groups is 1. The van der Waals surface area contributed by atoms with E-state index in [4.69, 9.17) is 28.4 Å². The van der Waals surface area contributed by atoms with Crippen LogP contribution >= 0.6 is 23.2 Å². The Morgan fingerprint density at radius 3 is 2.33 bits per heavy atom. The number of rotatable bonds is 6. The highest BCUT2D eigenvalue weighted by molar-refractivity contribution is 7.92. The maximum absolute atomic E-state index is 12.4. The van der Waals surface area contributed by atoms with Gasteiger partial charge in [0.05, 0.1) is 10.0 Å². The largest absolute Gasteiger partial charge is 0.315 e. The molecule has 0 unspecified atom stereocenters. The first-order chi connectivity index (χ1) is 12.5. The number of amides is 1. The van der Waals surface area contributed by atoms with Gasteiger partial charge in [0.25, 0.3) is 11.5 Å². The third-order valence-corrected chi connectivity index (χ3v) is 7.24. The first kappa shape index (κ1) is 21.4. The molecule has 0 bridgehead atoms. The summed E-state index contributed by atoms with van der Waals surface area (Å²) >= 11 is 11.9. The lowest BCUT2D eigenvalue weighted by atomic mass is 10.1. The lowest BCUT2D eigenvalue weighted by Crippen LogP contribution is -2.49. The predicted octanol–water partition coefficient (Wildman–Crippen LogP) is 2.52. The maximum atomic E-state index is 12.4. The van der Waals surface area contributed by atoms with Gasteiger partial charge in [-0.15, -0.1) is 0 Å². The molecule has 0 spiro atoms. The van der Waals surface area contributed by atoms with Crippen LogP contribution in [0, 0.1) is 0 Å². The summed E-state index contributed by atoms with van der Waals surface area (Å²) in [5, 5.41) is 9.59. The SMILES string of the molecule is C[C@@](CCn1ccc(-c2ccc(Cl)c(Cl)c2)cc1=O)(C(=O)NO)S(C)(=O)=O.